The molecule has 1 N–H and O–H groups in total. The Morgan fingerprint density at radius 2 is 2.21 bits per heavy atom. The van der Waals surface area contributed by atoms with Crippen LogP contribution in [-0.2, 0) is 0 Å². The number of aryl methyl sites for hydroxylation is 1. The van der Waals surface area contributed by atoms with E-state index in [1.54, 1.807) is 0 Å². The summed E-state index contributed by atoms with van der Waals surface area (Å²) in [6, 6.07) is 3.51. The average Bonchev–Trinajstić information content (AvgIpc) is 2.75. The lowest BCUT2D eigenvalue weighted by Gasteiger charge is -2.28. The molecule has 2 saturated heterocycles. The van der Waals surface area contributed by atoms with Gasteiger partial charge in [0.25, 0.3) is 0 Å². The second-order valence-corrected chi connectivity index (χ2v) is 4.60. The number of piperidine rings is 1. The van der Waals surface area contributed by atoms with Crippen LogP contribution in [0.3, 0.4) is 0 Å². The van der Waals surface area contributed by atoms with Crippen LogP contribution in [-0.4, -0.2) is 17.2 Å². The normalized spacial score (nSPS) is 36.2. The highest BCUT2D eigenvalue weighted by Gasteiger charge is 2.37. The Morgan fingerprint density at radius 3 is 3.00 bits per heavy atom. The van der Waals surface area contributed by atoms with Gasteiger partial charge in [-0.25, -0.2) is 0 Å². The third kappa shape index (κ3) is 1.27. The van der Waals surface area contributed by atoms with Gasteiger partial charge in [-0.05, 0) is 32.6 Å². The summed E-state index contributed by atoms with van der Waals surface area (Å²) >= 11 is 0. The van der Waals surface area contributed by atoms with Crippen molar-refractivity contribution in [3.8, 4) is 0 Å². The van der Waals surface area contributed by atoms with Crippen LogP contribution in [0.4, 0.5) is 0 Å². The molecule has 0 spiro atoms. The van der Waals surface area contributed by atoms with Crippen LogP contribution in [0.5, 0.6) is 0 Å². The van der Waals surface area contributed by atoms with E-state index < -0.39 is 0 Å². The van der Waals surface area contributed by atoms with Gasteiger partial charge in [-0.15, -0.1) is 0 Å². The van der Waals surface area contributed by atoms with Gasteiger partial charge in [-0.3, -0.25) is 0 Å². The number of fused-ring (bicyclic) bond motifs is 2. The van der Waals surface area contributed by atoms with Gasteiger partial charge in [0.05, 0.1) is 5.69 Å². The van der Waals surface area contributed by atoms with Crippen molar-refractivity contribution in [3.05, 3.63) is 17.5 Å². The molecule has 3 heterocycles. The van der Waals surface area contributed by atoms with Gasteiger partial charge in [0, 0.05) is 24.1 Å². The highest BCUT2D eigenvalue weighted by molar-refractivity contribution is 5.14. The van der Waals surface area contributed by atoms with Crippen LogP contribution < -0.4 is 5.32 Å². The Balaban J connectivity index is 1.84. The van der Waals surface area contributed by atoms with Crippen molar-refractivity contribution in [1.29, 1.82) is 0 Å². The van der Waals surface area contributed by atoms with Crippen LogP contribution in [0.2, 0.25) is 0 Å². The Kier molecular flexibility index (Phi) is 1.87. The summed E-state index contributed by atoms with van der Waals surface area (Å²) in [6.07, 6.45) is 5.20. The summed E-state index contributed by atoms with van der Waals surface area (Å²) in [7, 11) is 0. The van der Waals surface area contributed by atoms with Gasteiger partial charge in [0.1, 0.15) is 5.76 Å². The van der Waals surface area contributed by atoms with E-state index >= 15 is 0 Å². The van der Waals surface area contributed by atoms with E-state index in [9.17, 15) is 0 Å². The van der Waals surface area contributed by atoms with Crippen molar-refractivity contribution in [3.63, 3.8) is 0 Å². The zero-order valence-electron chi connectivity index (χ0n) is 8.49. The maximum atomic E-state index is 5.36. The van der Waals surface area contributed by atoms with E-state index in [2.05, 4.69) is 16.5 Å². The van der Waals surface area contributed by atoms with Crippen molar-refractivity contribution in [1.82, 2.24) is 10.5 Å². The molecule has 1 unspecified atom stereocenters. The molecule has 3 nitrogen and oxygen atoms in total. The summed E-state index contributed by atoms with van der Waals surface area (Å²) in [4.78, 5) is 0. The number of nitrogens with one attached hydrogen (secondary N) is 1. The first-order valence-electron chi connectivity index (χ1n) is 5.52. The molecule has 2 aliphatic rings. The largest absolute Gasteiger partial charge is 0.361 e. The van der Waals surface area contributed by atoms with E-state index in [4.69, 9.17) is 4.52 Å². The van der Waals surface area contributed by atoms with Gasteiger partial charge in [-0.1, -0.05) is 5.16 Å². The Bertz CT molecular complexity index is 334. The Hall–Kier alpha value is -0.830. The molecule has 2 fully saturated rings. The fourth-order valence-electron chi connectivity index (χ4n) is 2.88. The minimum absolute atomic E-state index is 0.565. The predicted molar refractivity (Wildman–Crippen MR) is 53.2 cm³/mol. The summed E-state index contributed by atoms with van der Waals surface area (Å²) in [6.45, 7) is 1.99. The molecule has 1 aromatic heterocycles. The average molecular weight is 192 g/mol. The molecule has 3 heteroatoms. The minimum atomic E-state index is 0.565. The van der Waals surface area contributed by atoms with E-state index in [1.165, 1.54) is 25.7 Å². The first kappa shape index (κ1) is 8.48. The van der Waals surface area contributed by atoms with Crippen molar-refractivity contribution in [2.75, 3.05) is 0 Å². The third-order valence-electron chi connectivity index (χ3n) is 3.60. The number of hydrogen-bond donors (Lipinski definition) is 1. The highest BCUT2D eigenvalue weighted by atomic mass is 16.5. The lowest BCUT2D eigenvalue weighted by molar-refractivity contribution is 0.286. The van der Waals surface area contributed by atoms with Gasteiger partial charge >= 0.3 is 0 Å². The standard InChI is InChI=1S/C11H16N2O/c1-7-6-11(14-13-7)9-4-2-8-3-5-10(9)12-8/h6,8-10,12H,2-5H2,1H3/t8?,9-,10+/m0/s1. The van der Waals surface area contributed by atoms with Crippen LogP contribution in [0.25, 0.3) is 0 Å². The molecule has 0 aliphatic carbocycles. The van der Waals surface area contributed by atoms with Crippen molar-refractivity contribution < 1.29 is 4.52 Å². The van der Waals surface area contributed by atoms with E-state index in [0.29, 0.717) is 12.0 Å². The van der Waals surface area contributed by atoms with Crippen LogP contribution in [0.1, 0.15) is 43.1 Å². The molecule has 3 rings (SSSR count). The summed E-state index contributed by atoms with van der Waals surface area (Å²) in [5.74, 6) is 1.65. The monoisotopic (exact) mass is 192 g/mol. The van der Waals surface area contributed by atoms with Crippen molar-refractivity contribution in [2.24, 2.45) is 0 Å². The third-order valence-corrected chi connectivity index (χ3v) is 3.60. The number of rotatable bonds is 1. The van der Waals surface area contributed by atoms with Gasteiger partial charge in [0.15, 0.2) is 0 Å². The van der Waals surface area contributed by atoms with Crippen molar-refractivity contribution >= 4 is 0 Å². The summed E-state index contributed by atoms with van der Waals surface area (Å²) in [5, 5.41) is 7.63. The molecule has 76 valence electrons. The van der Waals surface area contributed by atoms with E-state index in [-0.39, 0.29) is 0 Å². The molecular weight excluding hydrogens is 176 g/mol. The topological polar surface area (TPSA) is 38.1 Å². The molecule has 1 aromatic rings. The van der Waals surface area contributed by atoms with Gasteiger partial charge < -0.3 is 9.84 Å². The molecule has 3 atom stereocenters. The molecule has 2 bridgehead atoms. The first-order chi connectivity index (χ1) is 6.83. The molecule has 0 radical (unpaired) electrons. The van der Waals surface area contributed by atoms with Gasteiger partial charge in [0.2, 0.25) is 0 Å². The van der Waals surface area contributed by atoms with Crippen LogP contribution in [0.15, 0.2) is 10.6 Å². The summed E-state index contributed by atoms with van der Waals surface area (Å²) in [5.41, 5.74) is 1.00. The molecule has 2 aliphatic heterocycles. The fourth-order valence-corrected chi connectivity index (χ4v) is 2.88. The second kappa shape index (κ2) is 3.09. The zero-order valence-corrected chi connectivity index (χ0v) is 8.49. The fraction of sp³-hybridized carbons (Fsp3) is 0.727. The number of aromatic nitrogens is 1. The Labute approximate surface area is 83.9 Å². The quantitative estimate of drug-likeness (QED) is 0.739. The lowest BCUT2D eigenvalue weighted by atomic mass is 9.90. The smallest absolute Gasteiger partial charge is 0.141 e. The van der Waals surface area contributed by atoms with Gasteiger partial charge in [-0.2, -0.15) is 0 Å². The van der Waals surface area contributed by atoms with Crippen LogP contribution >= 0.6 is 0 Å². The van der Waals surface area contributed by atoms with E-state index in [1.807, 2.05) is 6.92 Å². The Morgan fingerprint density at radius 1 is 1.36 bits per heavy atom. The van der Waals surface area contributed by atoms with Crippen LogP contribution in [0, 0.1) is 6.92 Å². The summed E-state index contributed by atoms with van der Waals surface area (Å²) < 4.78 is 5.36. The lowest BCUT2D eigenvalue weighted by Crippen LogP contribution is -2.38. The molecule has 0 amide bonds. The SMILES string of the molecule is Cc1cc([C@H]2CCC3CC[C@H]2N3)on1. The molecular formula is C11H16N2O. The minimum Gasteiger partial charge on any atom is -0.361 e. The molecule has 0 aromatic carbocycles. The maximum absolute atomic E-state index is 5.36. The highest BCUT2D eigenvalue weighted by Crippen LogP contribution is 2.37. The molecule has 14 heavy (non-hydrogen) atoms. The zero-order chi connectivity index (χ0) is 9.54. The second-order valence-electron chi connectivity index (χ2n) is 4.60. The number of nitrogens with zero attached hydrogens (tertiary/aromatic N) is 1. The predicted octanol–water partition coefficient (Wildman–Crippen LogP) is 1.98. The number of hydrogen-bond acceptors (Lipinski definition) is 3. The molecule has 0 saturated carbocycles. The van der Waals surface area contributed by atoms with Crippen molar-refractivity contribution in [2.45, 2.75) is 50.6 Å². The van der Waals surface area contributed by atoms with E-state index in [0.717, 1.165) is 17.5 Å². The first-order valence-corrected chi connectivity index (χ1v) is 5.52. The maximum Gasteiger partial charge on any atom is 0.141 e.